The van der Waals surface area contributed by atoms with Gasteiger partial charge >= 0.3 is 0 Å². The molecule has 0 amide bonds. The van der Waals surface area contributed by atoms with Gasteiger partial charge in [0.25, 0.3) is 0 Å². The van der Waals surface area contributed by atoms with Crippen molar-refractivity contribution in [2.45, 2.75) is 6.42 Å². The summed E-state index contributed by atoms with van der Waals surface area (Å²) in [6.07, 6.45) is 2.68. The molecule has 3 rings (SSSR count). The first kappa shape index (κ1) is 14.3. The minimum Gasteiger partial charge on any atom is -0.370 e. The molecule has 4 nitrogen and oxygen atoms in total. The number of nitrogens with two attached hydrogens (primary N) is 1. The Kier molecular flexibility index (Phi) is 4.34. The van der Waals surface area contributed by atoms with Crippen LogP contribution in [0.15, 0.2) is 29.4 Å². The fourth-order valence-corrected chi connectivity index (χ4v) is 3.44. The number of nitrogens with one attached hydrogen (secondary N) is 1. The molecular formula is C15H19FN4S. The van der Waals surface area contributed by atoms with E-state index in [4.69, 9.17) is 5.73 Å². The molecule has 0 aliphatic carbocycles. The maximum Gasteiger partial charge on any atom is 0.191 e. The highest BCUT2D eigenvalue weighted by Gasteiger charge is 2.12. The van der Waals surface area contributed by atoms with Gasteiger partial charge in [0.1, 0.15) is 5.82 Å². The summed E-state index contributed by atoms with van der Waals surface area (Å²) in [4.78, 5) is 9.74. The number of thioether (sulfide) groups is 1. The molecule has 0 spiro atoms. The van der Waals surface area contributed by atoms with Gasteiger partial charge in [-0.15, -0.1) is 0 Å². The molecule has 1 saturated heterocycles. The van der Waals surface area contributed by atoms with E-state index < -0.39 is 0 Å². The van der Waals surface area contributed by atoms with Crippen LogP contribution in [-0.2, 0) is 6.42 Å². The topological polar surface area (TPSA) is 57.4 Å². The number of aromatic amines is 1. The summed E-state index contributed by atoms with van der Waals surface area (Å²) < 4.78 is 13.3. The Morgan fingerprint density at radius 2 is 2.19 bits per heavy atom. The Balaban J connectivity index is 1.64. The molecule has 0 bridgehead atoms. The Bertz CT molecular complexity index is 646. The van der Waals surface area contributed by atoms with Crippen LogP contribution in [0.2, 0.25) is 0 Å². The van der Waals surface area contributed by atoms with Gasteiger partial charge in [0.15, 0.2) is 5.96 Å². The number of H-pyrrole nitrogens is 1. The number of aliphatic imine (C=N–C) groups is 1. The normalized spacial score (nSPS) is 16.6. The van der Waals surface area contributed by atoms with E-state index in [1.807, 2.05) is 18.0 Å². The summed E-state index contributed by atoms with van der Waals surface area (Å²) in [5, 5.41) is 0.929. The second kappa shape index (κ2) is 6.39. The maximum atomic E-state index is 13.3. The van der Waals surface area contributed by atoms with E-state index >= 15 is 0 Å². The average molecular weight is 306 g/mol. The van der Waals surface area contributed by atoms with Gasteiger partial charge in [0.05, 0.1) is 0 Å². The fourth-order valence-electron chi connectivity index (χ4n) is 2.54. The molecule has 3 N–H and O–H groups in total. The minimum atomic E-state index is -0.211. The number of aromatic nitrogens is 1. The molecule has 1 fully saturated rings. The number of hydrogen-bond donors (Lipinski definition) is 2. The Hall–Kier alpha value is -1.69. The molecule has 2 aromatic rings. The lowest BCUT2D eigenvalue weighted by molar-refractivity contribution is 0.456. The quantitative estimate of drug-likeness (QED) is 0.675. The molecule has 0 atom stereocenters. The molecule has 0 unspecified atom stereocenters. The summed E-state index contributed by atoms with van der Waals surface area (Å²) in [6, 6.07) is 4.79. The van der Waals surface area contributed by atoms with Crippen LogP contribution >= 0.6 is 11.8 Å². The summed E-state index contributed by atoms with van der Waals surface area (Å²) in [5.41, 5.74) is 8.06. The zero-order chi connectivity index (χ0) is 14.7. The number of fused-ring (bicyclic) bond motifs is 1. The predicted octanol–water partition coefficient (Wildman–Crippen LogP) is 2.21. The van der Waals surface area contributed by atoms with Crippen LogP contribution in [0.25, 0.3) is 10.9 Å². The monoisotopic (exact) mass is 306 g/mol. The third-order valence-corrected chi connectivity index (χ3v) is 4.66. The van der Waals surface area contributed by atoms with Crippen LogP contribution in [-0.4, -0.2) is 47.0 Å². The predicted molar refractivity (Wildman–Crippen MR) is 87.3 cm³/mol. The van der Waals surface area contributed by atoms with Crippen LogP contribution in [0, 0.1) is 5.82 Å². The van der Waals surface area contributed by atoms with Gasteiger partial charge < -0.3 is 15.6 Å². The molecule has 1 aromatic heterocycles. The second-order valence-electron chi connectivity index (χ2n) is 5.09. The van der Waals surface area contributed by atoms with Crippen LogP contribution in [0.5, 0.6) is 0 Å². The van der Waals surface area contributed by atoms with E-state index in [-0.39, 0.29) is 5.82 Å². The Labute approximate surface area is 127 Å². The number of rotatable bonds is 3. The summed E-state index contributed by atoms with van der Waals surface area (Å²) >= 11 is 1.95. The highest BCUT2D eigenvalue weighted by atomic mass is 32.2. The summed E-state index contributed by atoms with van der Waals surface area (Å²) in [5.74, 6) is 2.63. The van der Waals surface area contributed by atoms with Crippen LogP contribution in [0.4, 0.5) is 4.39 Å². The molecule has 6 heteroatoms. The van der Waals surface area contributed by atoms with Crippen molar-refractivity contribution in [1.29, 1.82) is 0 Å². The molecule has 0 saturated carbocycles. The lowest BCUT2D eigenvalue weighted by Crippen LogP contribution is -2.42. The first-order valence-corrected chi connectivity index (χ1v) is 8.27. The highest BCUT2D eigenvalue weighted by Crippen LogP contribution is 2.19. The standard InChI is InChI=1S/C15H19FN4S/c16-12-1-2-14-13(9-12)11(10-19-14)3-4-18-15(17)20-5-7-21-8-6-20/h1-2,9-10,19H,3-8H2,(H2,17,18). The van der Waals surface area contributed by atoms with Gasteiger partial charge in [-0.2, -0.15) is 11.8 Å². The molecule has 2 heterocycles. The average Bonchev–Trinajstić information content (AvgIpc) is 2.90. The number of hydrogen-bond acceptors (Lipinski definition) is 2. The SMILES string of the molecule is NC(=NCCc1c[nH]c2ccc(F)cc12)N1CCSCC1. The van der Waals surface area contributed by atoms with Crippen molar-refractivity contribution in [2.75, 3.05) is 31.1 Å². The van der Waals surface area contributed by atoms with Gasteiger partial charge in [0.2, 0.25) is 0 Å². The van der Waals surface area contributed by atoms with E-state index in [0.717, 1.165) is 47.5 Å². The summed E-state index contributed by atoms with van der Waals surface area (Å²) in [7, 11) is 0. The molecule has 1 aromatic carbocycles. The van der Waals surface area contributed by atoms with E-state index in [1.54, 1.807) is 12.1 Å². The number of halogens is 1. The van der Waals surface area contributed by atoms with Crippen molar-refractivity contribution in [3.05, 3.63) is 35.8 Å². The van der Waals surface area contributed by atoms with Crippen molar-refractivity contribution in [3.63, 3.8) is 0 Å². The summed E-state index contributed by atoms with van der Waals surface area (Å²) in [6.45, 7) is 2.57. The lowest BCUT2D eigenvalue weighted by Gasteiger charge is -2.27. The van der Waals surface area contributed by atoms with Gasteiger partial charge in [-0.1, -0.05) is 0 Å². The Morgan fingerprint density at radius 1 is 1.38 bits per heavy atom. The molecule has 1 aliphatic rings. The molecule has 21 heavy (non-hydrogen) atoms. The first-order valence-electron chi connectivity index (χ1n) is 7.12. The van der Waals surface area contributed by atoms with Crippen molar-refractivity contribution < 1.29 is 4.39 Å². The van der Waals surface area contributed by atoms with Crippen molar-refractivity contribution >= 4 is 28.6 Å². The van der Waals surface area contributed by atoms with Crippen LogP contribution < -0.4 is 5.73 Å². The maximum absolute atomic E-state index is 13.3. The number of nitrogens with zero attached hydrogens (tertiary/aromatic N) is 2. The van der Waals surface area contributed by atoms with Crippen molar-refractivity contribution in [2.24, 2.45) is 10.7 Å². The Morgan fingerprint density at radius 3 is 3.00 bits per heavy atom. The third-order valence-electron chi connectivity index (χ3n) is 3.72. The molecular weight excluding hydrogens is 287 g/mol. The van der Waals surface area contributed by atoms with E-state index in [0.29, 0.717) is 12.5 Å². The van der Waals surface area contributed by atoms with Gasteiger partial charge in [-0.05, 0) is 30.2 Å². The fraction of sp³-hybridized carbons (Fsp3) is 0.400. The van der Waals surface area contributed by atoms with Gasteiger partial charge in [-0.3, -0.25) is 4.99 Å². The van der Waals surface area contributed by atoms with Gasteiger partial charge in [-0.25, -0.2) is 4.39 Å². The number of guanidine groups is 1. The zero-order valence-electron chi connectivity index (χ0n) is 11.8. The molecule has 0 radical (unpaired) electrons. The minimum absolute atomic E-state index is 0.211. The van der Waals surface area contributed by atoms with E-state index in [9.17, 15) is 4.39 Å². The third kappa shape index (κ3) is 3.32. The lowest BCUT2D eigenvalue weighted by atomic mass is 10.1. The largest absolute Gasteiger partial charge is 0.370 e. The second-order valence-corrected chi connectivity index (χ2v) is 6.32. The van der Waals surface area contributed by atoms with Crippen LogP contribution in [0.1, 0.15) is 5.56 Å². The van der Waals surface area contributed by atoms with Crippen molar-refractivity contribution in [1.82, 2.24) is 9.88 Å². The molecule has 112 valence electrons. The van der Waals surface area contributed by atoms with E-state index in [1.165, 1.54) is 6.07 Å². The van der Waals surface area contributed by atoms with Crippen LogP contribution in [0.3, 0.4) is 0 Å². The smallest absolute Gasteiger partial charge is 0.191 e. The first-order chi connectivity index (χ1) is 10.2. The van der Waals surface area contributed by atoms with E-state index in [2.05, 4.69) is 14.9 Å². The highest BCUT2D eigenvalue weighted by molar-refractivity contribution is 7.99. The zero-order valence-corrected chi connectivity index (χ0v) is 12.6. The molecule has 1 aliphatic heterocycles. The van der Waals surface area contributed by atoms with Gasteiger partial charge in [0, 0.05) is 48.2 Å². The number of benzene rings is 1. The van der Waals surface area contributed by atoms with Crippen molar-refractivity contribution in [3.8, 4) is 0 Å².